The Kier molecular flexibility index (Phi) is 9.42. The Morgan fingerprint density at radius 3 is 2.43 bits per heavy atom. The molecule has 2 atom stereocenters. The Morgan fingerprint density at radius 1 is 1.14 bits per heavy atom. The topological polar surface area (TPSA) is 38.0 Å². The Balaban J connectivity index is 3.21. The first-order chi connectivity index (χ1) is 6.70. The van der Waals surface area contributed by atoms with Crippen molar-refractivity contribution in [3.05, 3.63) is 0 Å². The third-order valence-electron chi connectivity index (χ3n) is 2.77. The second-order valence-corrected chi connectivity index (χ2v) is 4.31. The number of nitrogens with two attached hydrogens (primary N) is 1. The fourth-order valence-corrected chi connectivity index (χ4v) is 1.52. The summed E-state index contributed by atoms with van der Waals surface area (Å²) in [6.45, 7) is 7.74. The lowest BCUT2D eigenvalue weighted by molar-refractivity contribution is 0.461. The molecule has 0 radical (unpaired) electrons. The molecule has 0 saturated heterocycles. The SMILES string of the molecule is CCCCCC(C)NCCC(N)CC. The Hall–Kier alpha value is -0.0800. The second kappa shape index (κ2) is 9.47. The van der Waals surface area contributed by atoms with Crippen LogP contribution in [0.15, 0.2) is 0 Å². The van der Waals surface area contributed by atoms with E-state index in [2.05, 4.69) is 26.1 Å². The van der Waals surface area contributed by atoms with E-state index in [1.54, 1.807) is 0 Å². The summed E-state index contributed by atoms with van der Waals surface area (Å²) in [5.41, 5.74) is 5.84. The molecule has 2 heteroatoms. The van der Waals surface area contributed by atoms with Crippen molar-refractivity contribution in [2.45, 2.75) is 71.4 Å². The van der Waals surface area contributed by atoms with Crippen molar-refractivity contribution in [2.24, 2.45) is 5.73 Å². The second-order valence-electron chi connectivity index (χ2n) is 4.31. The van der Waals surface area contributed by atoms with Gasteiger partial charge in [0.15, 0.2) is 0 Å². The maximum atomic E-state index is 5.84. The molecule has 86 valence electrons. The number of unbranched alkanes of at least 4 members (excludes halogenated alkanes) is 2. The van der Waals surface area contributed by atoms with E-state index in [-0.39, 0.29) is 0 Å². The average Bonchev–Trinajstić information content (AvgIpc) is 2.18. The molecule has 0 bridgehead atoms. The van der Waals surface area contributed by atoms with Gasteiger partial charge in [-0.1, -0.05) is 33.1 Å². The van der Waals surface area contributed by atoms with Crippen LogP contribution in [0.5, 0.6) is 0 Å². The van der Waals surface area contributed by atoms with E-state index >= 15 is 0 Å². The van der Waals surface area contributed by atoms with E-state index in [9.17, 15) is 0 Å². The van der Waals surface area contributed by atoms with E-state index in [4.69, 9.17) is 5.73 Å². The molecule has 3 N–H and O–H groups in total. The number of nitrogens with one attached hydrogen (secondary N) is 1. The summed E-state index contributed by atoms with van der Waals surface area (Å²) in [5.74, 6) is 0. The molecule has 14 heavy (non-hydrogen) atoms. The maximum Gasteiger partial charge on any atom is 0.00482 e. The Bertz CT molecular complexity index is 115. The first-order valence-corrected chi connectivity index (χ1v) is 6.19. The van der Waals surface area contributed by atoms with Crippen LogP contribution in [0.3, 0.4) is 0 Å². The van der Waals surface area contributed by atoms with Crippen molar-refractivity contribution in [2.75, 3.05) is 6.54 Å². The zero-order chi connectivity index (χ0) is 10.8. The van der Waals surface area contributed by atoms with Crippen molar-refractivity contribution in [3.63, 3.8) is 0 Å². The standard InChI is InChI=1S/C12H28N2/c1-4-6-7-8-11(3)14-10-9-12(13)5-2/h11-12,14H,4-10,13H2,1-3H3. The minimum atomic E-state index is 0.380. The average molecular weight is 200 g/mol. The molecule has 0 saturated carbocycles. The molecule has 0 rings (SSSR count). The van der Waals surface area contributed by atoms with Crippen molar-refractivity contribution in [1.82, 2.24) is 5.32 Å². The van der Waals surface area contributed by atoms with Gasteiger partial charge in [-0.05, 0) is 32.7 Å². The van der Waals surface area contributed by atoms with E-state index in [0.717, 1.165) is 19.4 Å². The van der Waals surface area contributed by atoms with Gasteiger partial charge < -0.3 is 11.1 Å². The molecule has 2 nitrogen and oxygen atoms in total. The lowest BCUT2D eigenvalue weighted by Gasteiger charge is -2.15. The van der Waals surface area contributed by atoms with Crippen molar-refractivity contribution in [1.29, 1.82) is 0 Å². The van der Waals surface area contributed by atoms with Crippen molar-refractivity contribution >= 4 is 0 Å². The summed E-state index contributed by atoms with van der Waals surface area (Å²) in [5, 5.41) is 3.53. The largest absolute Gasteiger partial charge is 0.328 e. The summed E-state index contributed by atoms with van der Waals surface area (Å²) < 4.78 is 0. The van der Waals surface area contributed by atoms with Crippen LogP contribution in [0.25, 0.3) is 0 Å². The molecule has 0 aromatic carbocycles. The molecule has 0 heterocycles. The molecule has 0 aromatic heterocycles. The van der Waals surface area contributed by atoms with Crippen LogP contribution in [0.1, 0.15) is 59.3 Å². The molecular formula is C12H28N2. The number of rotatable bonds is 9. The maximum absolute atomic E-state index is 5.84. The van der Waals surface area contributed by atoms with Crippen LogP contribution in [-0.4, -0.2) is 18.6 Å². The van der Waals surface area contributed by atoms with E-state index in [1.807, 2.05) is 0 Å². The first-order valence-electron chi connectivity index (χ1n) is 6.19. The molecule has 2 unspecified atom stereocenters. The normalized spacial score (nSPS) is 15.4. The molecular weight excluding hydrogens is 172 g/mol. The quantitative estimate of drug-likeness (QED) is 0.562. The lowest BCUT2D eigenvalue weighted by Crippen LogP contribution is -2.31. The molecule has 0 aromatic rings. The summed E-state index contributed by atoms with van der Waals surface area (Å²) in [7, 11) is 0. The van der Waals surface area contributed by atoms with Crippen LogP contribution in [0, 0.1) is 0 Å². The summed E-state index contributed by atoms with van der Waals surface area (Å²) in [6, 6.07) is 1.04. The van der Waals surface area contributed by atoms with Crippen LogP contribution >= 0.6 is 0 Å². The summed E-state index contributed by atoms with van der Waals surface area (Å²) in [6.07, 6.45) is 7.52. The first kappa shape index (κ1) is 13.9. The monoisotopic (exact) mass is 200 g/mol. The highest BCUT2D eigenvalue weighted by molar-refractivity contribution is 4.64. The molecule has 0 aliphatic rings. The van der Waals surface area contributed by atoms with Gasteiger partial charge in [0, 0.05) is 12.1 Å². The third-order valence-corrected chi connectivity index (χ3v) is 2.77. The molecule has 0 spiro atoms. The van der Waals surface area contributed by atoms with Crippen molar-refractivity contribution < 1.29 is 0 Å². The van der Waals surface area contributed by atoms with Gasteiger partial charge in [-0.3, -0.25) is 0 Å². The van der Waals surface area contributed by atoms with Gasteiger partial charge in [0.05, 0.1) is 0 Å². The van der Waals surface area contributed by atoms with Gasteiger partial charge in [0.2, 0.25) is 0 Å². The van der Waals surface area contributed by atoms with E-state index < -0.39 is 0 Å². The van der Waals surface area contributed by atoms with Gasteiger partial charge in [-0.2, -0.15) is 0 Å². The third kappa shape index (κ3) is 8.52. The highest BCUT2D eigenvalue weighted by Crippen LogP contribution is 2.02. The summed E-state index contributed by atoms with van der Waals surface area (Å²) >= 11 is 0. The van der Waals surface area contributed by atoms with Gasteiger partial charge >= 0.3 is 0 Å². The molecule has 0 amide bonds. The highest BCUT2D eigenvalue weighted by Gasteiger charge is 2.02. The Morgan fingerprint density at radius 2 is 1.86 bits per heavy atom. The smallest absolute Gasteiger partial charge is 0.00482 e. The number of hydrogen-bond acceptors (Lipinski definition) is 2. The summed E-state index contributed by atoms with van der Waals surface area (Å²) in [4.78, 5) is 0. The zero-order valence-electron chi connectivity index (χ0n) is 10.2. The highest BCUT2D eigenvalue weighted by atomic mass is 14.9. The van der Waals surface area contributed by atoms with Gasteiger partial charge in [0.25, 0.3) is 0 Å². The van der Waals surface area contributed by atoms with Gasteiger partial charge in [-0.15, -0.1) is 0 Å². The number of hydrogen-bond donors (Lipinski definition) is 2. The molecule has 0 fully saturated rings. The predicted octanol–water partition coefficient (Wildman–Crippen LogP) is 2.67. The minimum absolute atomic E-state index is 0.380. The fourth-order valence-electron chi connectivity index (χ4n) is 1.52. The van der Waals surface area contributed by atoms with Gasteiger partial charge in [0.1, 0.15) is 0 Å². The van der Waals surface area contributed by atoms with E-state index in [1.165, 1.54) is 25.7 Å². The van der Waals surface area contributed by atoms with Crippen LogP contribution in [0.2, 0.25) is 0 Å². The fraction of sp³-hybridized carbons (Fsp3) is 1.00. The zero-order valence-corrected chi connectivity index (χ0v) is 10.2. The van der Waals surface area contributed by atoms with Crippen LogP contribution < -0.4 is 11.1 Å². The predicted molar refractivity (Wildman–Crippen MR) is 64.5 cm³/mol. The van der Waals surface area contributed by atoms with Crippen LogP contribution in [0.4, 0.5) is 0 Å². The molecule has 0 aliphatic heterocycles. The lowest BCUT2D eigenvalue weighted by atomic mass is 10.1. The molecule has 0 aliphatic carbocycles. The van der Waals surface area contributed by atoms with Crippen molar-refractivity contribution in [3.8, 4) is 0 Å². The Labute approximate surface area is 89.6 Å². The van der Waals surface area contributed by atoms with E-state index in [0.29, 0.717) is 12.1 Å². The van der Waals surface area contributed by atoms with Crippen LogP contribution in [-0.2, 0) is 0 Å². The minimum Gasteiger partial charge on any atom is -0.328 e. The van der Waals surface area contributed by atoms with Gasteiger partial charge in [-0.25, -0.2) is 0 Å².